The summed E-state index contributed by atoms with van der Waals surface area (Å²) in [5.41, 5.74) is 0.975. The summed E-state index contributed by atoms with van der Waals surface area (Å²) in [6.45, 7) is 1.58. The molecule has 3 nitrogen and oxygen atoms in total. The summed E-state index contributed by atoms with van der Waals surface area (Å²) in [6.07, 6.45) is 3.00. The summed E-state index contributed by atoms with van der Waals surface area (Å²) in [7, 11) is 2.06. The van der Waals surface area contributed by atoms with Crippen LogP contribution in [0.25, 0.3) is 10.8 Å². The largest absolute Gasteiger partial charge is 0.508 e. The lowest BCUT2D eigenvalue weighted by atomic mass is 10.0. The van der Waals surface area contributed by atoms with E-state index in [1.165, 1.54) is 0 Å². The number of aliphatic hydroxyl groups is 1. The fraction of sp³-hybridized carbons (Fsp3) is 0.444. The molecule has 21 heavy (non-hydrogen) atoms. The second-order valence-corrected chi connectivity index (χ2v) is 6.24. The molecule has 0 aromatic heterocycles. The van der Waals surface area contributed by atoms with Crippen molar-refractivity contribution in [1.29, 1.82) is 0 Å². The third-order valence-corrected chi connectivity index (χ3v) is 4.61. The van der Waals surface area contributed by atoms with Crippen molar-refractivity contribution in [2.75, 3.05) is 13.6 Å². The Morgan fingerprint density at radius 1 is 1.14 bits per heavy atom. The van der Waals surface area contributed by atoms with Gasteiger partial charge < -0.3 is 15.1 Å². The molecule has 1 aliphatic rings. The number of benzene rings is 2. The Labute approximate surface area is 125 Å². The second-order valence-electron chi connectivity index (χ2n) is 6.24. The van der Waals surface area contributed by atoms with Gasteiger partial charge in [-0.2, -0.15) is 0 Å². The van der Waals surface area contributed by atoms with E-state index < -0.39 is 0 Å². The van der Waals surface area contributed by atoms with Crippen LogP contribution in [-0.2, 0) is 6.54 Å². The Hall–Kier alpha value is -1.58. The highest BCUT2D eigenvalue weighted by molar-refractivity contribution is 5.87. The molecule has 2 aromatic rings. The lowest BCUT2D eigenvalue weighted by molar-refractivity contribution is 0.108. The monoisotopic (exact) mass is 285 g/mol. The maximum absolute atomic E-state index is 10.2. The number of aliphatic hydroxyl groups excluding tert-OH is 1. The zero-order chi connectivity index (χ0) is 14.8. The first-order valence-electron chi connectivity index (χ1n) is 7.71. The third kappa shape index (κ3) is 3.04. The van der Waals surface area contributed by atoms with Gasteiger partial charge in [-0.15, -0.1) is 0 Å². The van der Waals surface area contributed by atoms with Gasteiger partial charge in [0, 0.05) is 18.7 Å². The van der Waals surface area contributed by atoms with Crippen LogP contribution in [0.4, 0.5) is 0 Å². The highest BCUT2D eigenvalue weighted by atomic mass is 16.3. The van der Waals surface area contributed by atoms with E-state index in [-0.39, 0.29) is 6.10 Å². The number of hydrogen-bond donors (Lipinski definition) is 2. The summed E-state index contributed by atoms with van der Waals surface area (Å²) in [4.78, 5) is 2.21. The SMILES string of the molecule is CN(Cc1c(O)ccc2ccccc12)CC1CCCC1O. The van der Waals surface area contributed by atoms with Crippen LogP contribution in [0.5, 0.6) is 5.75 Å². The van der Waals surface area contributed by atoms with E-state index in [1.54, 1.807) is 6.07 Å². The molecule has 1 saturated carbocycles. The fourth-order valence-corrected chi connectivity index (χ4v) is 3.46. The van der Waals surface area contributed by atoms with E-state index in [1.807, 2.05) is 18.2 Å². The van der Waals surface area contributed by atoms with Crippen LogP contribution in [-0.4, -0.2) is 34.8 Å². The van der Waals surface area contributed by atoms with Crippen LogP contribution in [0.3, 0.4) is 0 Å². The Bertz CT molecular complexity index is 626. The first-order chi connectivity index (χ1) is 10.1. The number of hydrogen-bond acceptors (Lipinski definition) is 3. The molecule has 1 fully saturated rings. The average molecular weight is 285 g/mol. The standard InChI is InChI=1S/C18H23NO2/c1-19(11-14-6-4-8-17(14)20)12-16-15-7-3-2-5-13(15)9-10-18(16)21/h2-3,5,7,9-10,14,17,20-21H,4,6,8,11-12H2,1H3. The van der Waals surface area contributed by atoms with Gasteiger partial charge in [0.2, 0.25) is 0 Å². The van der Waals surface area contributed by atoms with Crippen LogP contribution in [0.2, 0.25) is 0 Å². The maximum Gasteiger partial charge on any atom is 0.120 e. The molecule has 0 spiro atoms. The zero-order valence-electron chi connectivity index (χ0n) is 12.5. The van der Waals surface area contributed by atoms with Gasteiger partial charge in [0.1, 0.15) is 5.75 Å². The number of phenols is 1. The van der Waals surface area contributed by atoms with Crippen molar-refractivity contribution in [3.05, 3.63) is 42.0 Å². The smallest absolute Gasteiger partial charge is 0.120 e. The normalized spacial score (nSPS) is 22.2. The zero-order valence-corrected chi connectivity index (χ0v) is 12.5. The highest BCUT2D eigenvalue weighted by Gasteiger charge is 2.26. The van der Waals surface area contributed by atoms with E-state index in [0.29, 0.717) is 18.2 Å². The Kier molecular flexibility index (Phi) is 4.13. The van der Waals surface area contributed by atoms with Gasteiger partial charge in [-0.3, -0.25) is 0 Å². The van der Waals surface area contributed by atoms with Crippen molar-refractivity contribution in [2.24, 2.45) is 5.92 Å². The molecular weight excluding hydrogens is 262 g/mol. The minimum absolute atomic E-state index is 0.159. The molecule has 0 aliphatic heterocycles. The first kappa shape index (κ1) is 14.4. The average Bonchev–Trinajstić information content (AvgIpc) is 2.87. The lowest BCUT2D eigenvalue weighted by Gasteiger charge is -2.24. The number of phenolic OH excluding ortho intramolecular Hbond substituents is 1. The molecule has 2 atom stereocenters. The van der Waals surface area contributed by atoms with Crippen LogP contribution in [0, 0.1) is 5.92 Å². The molecular formula is C18H23NO2. The predicted octanol–water partition coefficient (Wildman–Crippen LogP) is 3.14. The Balaban J connectivity index is 1.79. The number of aromatic hydroxyl groups is 1. The molecule has 0 saturated heterocycles. The van der Waals surface area contributed by atoms with Gasteiger partial charge >= 0.3 is 0 Å². The van der Waals surface area contributed by atoms with Gasteiger partial charge in [0.15, 0.2) is 0 Å². The number of rotatable bonds is 4. The quantitative estimate of drug-likeness (QED) is 0.907. The van der Waals surface area contributed by atoms with Crippen LogP contribution >= 0.6 is 0 Å². The van der Waals surface area contributed by atoms with Crippen molar-refractivity contribution in [1.82, 2.24) is 4.90 Å². The third-order valence-electron chi connectivity index (χ3n) is 4.61. The second kappa shape index (κ2) is 6.04. The van der Waals surface area contributed by atoms with Crippen LogP contribution < -0.4 is 0 Å². The van der Waals surface area contributed by atoms with Gasteiger partial charge in [-0.25, -0.2) is 0 Å². The lowest BCUT2D eigenvalue weighted by Crippen LogP contribution is -2.29. The Morgan fingerprint density at radius 3 is 2.71 bits per heavy atom. The molecule has 0 bridgehead atoms. The molecule has 2 N–H and O–H groups in total. The number of fused-ring (bicyclic) bond motifs is 1. The minimum atomic E-state index is -0.159. The van der Waals surface area contributed by atoms with E-state index in [0.717, 1.165) is 42.1 Å². The van der Waals surface area contributed by atoms with E-state index in [2.05, 4.69) is 24.1 Å². The molecule has 0 radical (unpaired) electrons. The topological polar surface area (TPSA) is 43.7 Å². The predicted molar refractivity (Wildman–Crippen MR) is 85.3 cm³/mol. The van der Waals surface area contributed by atoms with Crippen LogP contribution in [0.1, 0.15) is 24.8 Å². The summed E-state index contributed by atoms with van der Waals surface area (Å²) >= 11 is 0. The van der Waals surface area contributed by atoms with E-state index >= 15 is 0 Å². The van der Waals surface area contributed by atoms with E-state index in [4.69, 9.17) is 0 Å². The summed E-state index contributed by atoms with van der Waals surface area (Å²) < 4.78 is 0. The Morgan fingerprint density at radius 2 is 1.95 bits per heavy atom. The van der Waals surface area contributed by atoms with Gasteiger partial charge in [-0.05, 0) is 42.6 Å². The summed E-state index contributed by atoms with van der Waals surface area (Å²) in [5.74, 6) is 0.722. The number of nitrogens with zero attached hydrogens (tertiary/aromatic N) is 1. The fourth-order valence-electron chi connectivity index (χ4n) is 3.46. The summed E-state index contributed by atoms with van der Waals surface area (Å²) in [5, 5.41) is 22.4. The molecule has 0 amide bonds. The van der Waals surface area contributed by atoms with Crippen molar-refractivity contribution < 1.29 is 10.2 Å². The summed E-state index contributed by atoms with van der Waals surface area (Å²) in [6, 6.07) is 11.9. The van der Waals surface area contributed by atoms with Gasteiger partial charge in [0.25, 0.3) is 0 Å². The molecule has 112 valence electrons. The van der Waals surface area contributed by atoms with Crippen molar-refractivity contribution >= 4 is 10.8 Å². The van der Waals surface area contributed by atoms with Crippen molar-refractivity contribution in [3.8, 4) is 5.75 Å². The van der Waals surface area contributed by atoms with Gasteiger partial charge in [0.05, 0.1) is 6.10 Å². The molecule has 0 heterocycles. The van der Waals surface area contributed by atoms with Gasteiger partial charge in [-0.1, -0.05) is 36.8 Å². The molecule has 3 heteroatoms. The molecule has 1 aliphatic carbocycles. The van der Waals surface area contributed by atoms with Crippen LogP contribution in [0.15, 0.2) is 36.4 Å². The molecule has 2 unspecified atom stereocenters. The molecule has 3 rings (SSSR count). The van der Waals surface area contributed by atoms with Crippen molar-refractivity contribution in [2.45, 2.75) is 31.9 Å². The maximum atomic E-state index is 10.2. The first-order valence-corrected chi connectivity index (χ1v) is 7.71. The minimum Gasteiger partial charge on any atom is -0.508 e. The van der Waals surface area contributed by atoms with E-state index in [9.17, 15) is 10.2 Å². The van der Waals surface area contributed by atoms with Crippen molar-refractivity contribution in [3.63, 3.8) is 0 Å². The molecule has 2 aromatic carbocycles. The highest BCUT2D eigenvalue weighted by Crippen LogP contribution is 2.30.